The zero-order valence-corrected chi connectivity index (χ0v) is 11.6. The Morgan fingerprint density at radius 1 is 1.33 bits per heavy atom. The van der Waals surface area contributed by atoms with Gasteiger partial charge < -0.3 is 5.11 Å². The van der Waals surface area contributed by atoms with Crippen LogP contribution in [0.5, 0.6) is 0 Å². The molecule has 4 heteroatoms. The lowest BCUT2D eigenvalue weighted by molar-refractivity contribution is 0.0692. The maximum atomic E-state index is 11.1. The average molecular weight is 265 g/mol. The Bertz CT molecular complexity index is 426. The van der Waals surface area contributed by atoms with Crippen LogP contribution in [-0.4, -0.2) is 21.3 Å². The summed E-state index contributed by atoms with van der Waals surface area (Å²) in [5, 5.41) is 10.3. The number of carboxylic acids is 1. The van der Waals surface area contributed by atoms with Gasteiger partial charge in [-0.2, -0.15) is 0 Å². The number of aromatic nitrogens is 1. The molecule has 0 bridgehead atoms. The number of rotatable bonds is 3. The molecule has 0 saturated heterocycles. The van der Waals surface area contributed by atoms with E-state index in [-0.39, 0.29) is 0 Å². The third kappa shape index (κ3) is 3.25. The number of pyridine rings is 1. The molecule has 1 saturated carbocycles. The molecule has 1 N–H and O–H groups in total. The lowest BCUT2D eigenvalue weighted by Gasteiger charge is -2.30. The minimum Gasteiger partial charge on any atom is -0.478 e. The first-order chi connectivity index (χ1) is 8.56. The molecule has 1 fully saturated rings. The number of hydrogen-bond donors (Lipinski definition) is 1. The van der Waals surface area contributed by atoms with Gasteiger partial charge in [0.15, 0.2) is 0 Å². The van der Waals surface area contributed by atoms with Crippen molar-refractivity contribution in [3.05, 3.63) is 23.9 Å². The summed E-state index contributed by atoms with van der Waals surface area (Å²) >= 11 is 1.64. The van der Waals surface area contributed by atoms with Gasteiger partial charge in [-0.25, -0.2) is 9.78 Å². The van der Waals surface area contributed by atoms with Gasteiger partial charge >= 0.3 is 5.97 Å². The van der Waals surface area contributed by atoms with Crippen molar-refractivity contribution in [3.8, 4) is 0 Å². The minimum absolute atomic E-state index is 0.327. The predicted octanol–water partition coefficient (Wildman–Crippen LogP) is 3.70. The van der Waals surface area contributed by atoms with Crippen LogP contribution in [0.3, 0.4) is 0 Å². The zero-order chi connectivity index (χ0) is 13.1. The Labute approximate surface area is 112 Å². The minimum atomic E-state index is -0.887. The van der Waals surface area contributed by atoms with Crippen LogP contribution in [0.2, 0.25) is 0 Å². The van der Waals surface area contributed by atoms with Crippen molar-refractivity contribution in [1.29, 1.82) is 0 Å². The summed E-state index contributed by atoms with van der Waals surface area (Å²) in [5.41, 5.74) is 0.327. The van der Waals surface area contributed by atoms with Crippen LogP contribution in [0.1, 0.15) is 43.5 Å². The second kappa shape index (κ2) is 5.74. The second-order valence-corrected chi connectivity index (χ2v) is 6.61. The number of aromatic carboxylic acids is 1. The van der Waals surface area contributed by atoms with Gasteiger partial charge in [0.1, 0.15) is 5.03 Å². The van der Waals surface area contributed by atoms with E-state index in [9.17, 15) is 4.79 Å². The van der Waals surface area contributed by atoms with E-state index in [2.05, 4.69) is 18.8 Å². The molecule has 1 aliphatic carbocycles. The van der Waals surface area contributed by atoms with Gasteiger partial charge in [0, 0.05) is 11.4 Å². The van der Waals surface area contributed by atoms with Crippen LogP contribution >= 0.6 is 11.8 Å². The predicted molar refractivity (Wildman–Crippen MR) is 73.0 cm³/mol. The number of carbonyl (C=O) groups is 1. The number of nitrogens with zero attached hydrogens (tertiary/aromatic N) is 1. The lowest BCUT2D eigenvalue weighted by Crippen LogP contribution is -2.21. The molecule has 2 atom stereocenters. The molecular weight excluding hydrogens is 246 g/mol. The fourth-order valence-corrected chi connectivity index (χ4v) is 4.34. The third-order valence-electron chi connectivity index (χ3n) is 3.42. The summed E-state index contributed by atoms with van der Waals surface area (Å²) in [7, 11) is 0. The standard InChI is InChI=1S/C14H19NO2S/c1-9-6-10(2)8-11(7-9)18-13-12(14(16)17)4-3-5-15-13/h3-5,9-11H,6-8H2,1-2H3,(H,16,17). The van der Waals surface area contributed by atoms with E-state index >= 15 is 0 Å². The average Bonchev–Trinajstić information content (AvgIpc) is 2.27. The van der Waals surface area contributed by atoms with Crippen molar-refractivity contribution in [2.24, 2.45) is 11.8 Å². The maximum Gasteiger partial charge on any atom is 0.338 e. The third-order valence-corrected chi connectivity index (χ3v) is 4.68. The van der Waals surface area contributed by atoms with Gasteiger partial charge in [-0.15, -0.1) is 11.8 Å². The summed E-state index contributed by atoms with van der Waals surface area (Å²) in [6.07, 6.45) is 5.27. The highest BCUT2D eigenvalue weighted by Crippen LogP contribution is 2.38. The maximum absolute atomic E-state index is 11.1. The molecule has 1 aliphatic rings. The summed E-state index contributed by atoms with van der Waals surface area (Å²) < 4.78 is 0. The molecule has 0 radical (unpaired) electrons. The molecule has 18 heavy (non-hydrogen) atoms. The summed E-state index contributed by atoms with van der Waals surface area (Å²) in [4.78, 5) is 15.4. The van der Waals surface area contributed by atoms with Gasteiger partial charge in [0.2, 0.25) is 0 Å². The van der Waals surface area contributed by atoms with Crippen LogP contribution < -0.4 is 0 Å². The molecule has 1 aromatic heterocycles. The van der Waals surface area contributed by atoms with Crippen molar-refractivity contribution in [2.75, 3.05) is 0 Å². The Kier molecular flexibility index (Phi) is 4.27. The van der Waals surface area contributed by atoms with Crippen LogP contribution in [0.15, 0.2) is 23.4 Å². The van der Waals surface area contributed by atoms with Crippen LogP contribution in [0, 0.1) is 11.8 Å². The van der Waals surface area contributed by atoms with E-state index in [4.69, 9.17) is 5.11 Å². The fourth-order valence-electron chi connectivity index (χ4n) is 2.77. The second-order valence-electron chi connectivity index (χ2n) is 5.32. The summed E-state index contributed by atoms with van der Waals surface area (Å²) in [6, 6.07) is 3.31. The zero-order valence-electron chi connectivity index (χ0n) is 10.8. The quantitative estimate of drug-likeness (QED) is 0.905. The molecule has 2 unspecified atom stereocenters. The summed E-state index contributed by atoms with van der Waals surface area (Å²) in [5.74, 6) is 0.564. The molecule has 1 heterocycles. The van der Waals surface area contributed by atoms with Crippen molar-refractivity contribution < 1.29 is 9.90 Å². The first-order valence-corrected chi connectivity index (χ1v) is 7.29. The summed E-state index contributed by atoms with van der Waals surface area (Å²) in [6.45, 7) is 4.56. The molecule has 0 spiro atoms. The van der Waals surface area contributed by atoms with Crippen LogP contribution in [-0.2, 0) is 0 Å². The van der Waals surface area contributed by atoms with E-state index in [1.54, 1.807) is 30.1 Å². The Balaban J connectivity index is 2.11. The number of thioether (sulfide) groups is 1. The molecule has 2 rings (SSSR count). The van der Waals surface area contributed by atoms with Gasteiger partial charge in [0.05, 0.1) is 5.56 Å². The topological polar surface area (TPSA) is 50.2 Å². The molecule has 0 amide bonds. The highest BCUT2D eigenvalue weighted by Gasteiger charge is 2.26. The Morgan fingerprint density at radius 2 is 2.00 bits per heavy atom. The Morgan fingerprint density at radius 3 is 2.61 bits per heavy atom. The molecule has 1 aromatic rings. The van der Waals surface area contributed by atoms with E-state index < -0.39 is 5.97 Å². The highest BCUT2D eigenvalue weighted by atomic mass is 32.2. The lowest BCUT2D eigenvalue weighted by atomic mass is 9.83. The monoisotopic (exact) mass is 265 g/mol. The molecular formula is C14H19NO2S. The normalized spacial score (nSPS) is 28.0. The van der Waals surface area contributed by atoms with Crippen molar-refractivity contribution in [3.63, 3.8) is 0 Å². The SMILES string of the molecule is CC1CC(C)CC(Sc2ncccc2C(=O)O)C1. The first-order valence-electron chi connectivity index (χ1n) is 6.41. The van der Waals surface area contributed by atoms with Gasteiger partial charge in [-0.3, -0.25) is 0 Å². The van der Waals surface area contributed by atoms with Crippen molar-refractivity contribution in [2.45, 2.75) is 43.4 Å². The van der Waals surface area contributed by atoms with Crippen LogP contribution in [0.4, 0.5) is 0 Å². The molecule has 0 aromatic carbocycles. The largest absolute Gasteiger partial charge is 0.478 e. The van der Waals surface area contributed by atoms with E-state index in [0.29, 0.717) is 15.8 Å². The molecule has 98 valence electrons. The number of carboxylic acid groups (broad SMARTS) is 1. The van der Waals surface area contributed by atoms with E-state index in [1.165, 1.54) is 6.42 Å². The van der Waals surface area contributed by atoms with E-state index in [1.807, 2.05) is 0 Å². The first kappa shape index (κ1) is 13.4. The Hall–Kier alpha value is -1.03. The van der Waals surface area contributed by atoms with Gasteiger partial charge in [0.25, 0.3) is 0 Å². The van der Waals surface area contributed by atoms with Crippen LogP contribution in [0.25, 0.3) is 0 Å². The molecule has 0 aliphatic heterocycles. The smallest absolute Gasteiger partial charge is 0.338 e. The van der Waals surface area contributed by atoms with E-state index in [0.717, 1.165) is 24.7 Å². The molecule has 3 nitrogen and oxygen atoms in total. The van der Waals surface area contributed by atoms with Crippen molar-refractivity contribution in [1.82, 2.24) is 4.98 Å². The van der Waals surface area contributed by atoms with Crippen molar-refractivity contribution >= 4 is 17.7 Å². The number of hydrogen-bond acceptors (Lipinski definition) is 3. The highest BCUT2D eigenvalue weighted by molar-refractivity contribution is 7.99. The fraction of sp³-hybridized carbons (Fsp3) is 0.571. The van der Waals surface area contributed by atoms with Gasteiger partial charge in [-0.1, -0.05) is 13.8 Å². The van der Waals surface area contributed by atoms with Gasteiger partial charge in [-0.05, 0) is 43.2 Å².